The zero-order valence-corrected chi connectivity index (χ0v) is 6.98. The highest BCUT2D eigenvalue weighted by Gasteiger charge is 1.90. The summed E-state index contributed by atoms with van der Waals surface area (Å²) in [5, 5.41) is 0. The molecule has 0 rings (SSSR count). The van der Waals surface area contributed by atoms with Crippen molar-refractivity contribution in [3.05, 3.63) is 0 Å². The fourth-order valence-corrected chi connectivity index (χ4v) is 0.720. The van der Waals surface area contributed by atoms with E-state index >= 15 is 0 Å². The Morgan fingerprint density at radius 1 is 1.40 bits per heavy atom. The lowest BCUT2D eigenvalue weighted by atomic mass is 10.2. The van der Waals surface area contributed by atoms with Crippen molar-refractivity contribution in [3.63, 3.8) is 0 Å². The number of hydrogen-bond donors (Lipinski definition) is 0. The predicted molar refractivity (Wildman–Crippen MR) is 45.5 cm³/mol. The molecule has 0 fully saturated rings. The minimum absolute atomic E-state index is 1.03. The van der Waals surface area contributed by atoms with Crippen LogP contribution in [-0.4, -0.2) is 24.9 Å². The van der Waals surface area contributed by atoms with Crippen LogP contribution in [-0.2, 0) is 0 Å². The van der Waals surface area contributed by atoms with Crippen molar-refractivity contribution in [1.29, 1.82) is 0 Å². The summed E-state index contributed by atoms with van der Waals surface area (Å²) in [5.41, 5.74) is 0. The lowest BCUT2D eigenvalue weighted by Crippen LogP contribution is -2.03. The monoisotopic (exact) mass is 138 g/mol. The number of hydrogen-bond acceptors (Lipinski definition) is 0. The zero-order valence-electron chi connectivity index (χ0n) is 6.98. The van der Waals surface area contributed by atoms with Crippen molar-refractivity contribution in [2.75, 3.05) is 13.6 Å². The van der Waals surface area contributed by atoms with Gasteiger partial charge in [-0.05, 0) is 13.3 Å². The van der Waals surface area contributed by atoms with Crippen LogP contribution in [0.15, 0.2) is 0 Å². The summed E-state index contributed by atoms with van der Waals surface area (Å²) >= 11 is 0. The summed E-state index contributed by atoms with van der Waals surface area (Å²) in [4.78, 5) is 0. The van der Waals surface area contributed by atoms with Gasteiger partial charge in [0.2, 0.25) is 0 Å². The van der Waals surface area contributed by atoms with Crippen molar-refractivity contribution < 1.29 is 4.58 Å². The second-order valence-corrected chi connectivity index (χ2v) is 2.46. The van der Waals surface area contributed by atoms with Gasteiger partial charge in [0.05, 0.1) is 0 Å². The Kier molecular flexibility index (Phi) is 5.86. The van der Waals surface area contributed by atoms with Crippen molar-refractivity contribution in [1.82, 2.24) is 0 Å². The van der Waals surface area contributed by atoms with Crippen LogP contribution in [0.2, 0.25) is 0 Å². The first kappa shape index (κ1) is 9.23. The van der Waals surface area contributed by atoms with E-state index in [0.717, 1.165) is 13.0 Å². The maximum Gasteiger partial charge on any atom is 0.142 e. The van der Waals surface area contributed by atoms with E-state index in [0.29, 0.717) is 0 Å². The van der Waals surface area contributed by atoms with E-state index in [-0.39, 0.29) is 0 Å². The van der Waals surface area contributed by atoms with Gasteiger partial charge >= 0.3 is 0 Å². The molecule has 0 aliphatic rings. The molecule has 0 spiro atoms. The second kappa shape index (κ2) is 6.35. The maximum atomic E-state index is 3.75. The molecule has 1 nitrogen and oxygen atoms in total. The SMILES string of the molecule is C=[N+](C)CCCCC#CC. The van der Waals surface area contributed by atoms with Crippen LogP contribution in [0, 0.1) is 11.8 Å². The molecule has 0 aromatic heterocycles. The van der Waals surface area contributed by atoms with Gasteiger partial charge in [0.25, 0.3) is 0 Å². The van der Waals surface area contributed by atoms with E-state index < -0.39 is 0 Å². The molecule has 0 aromatic rings. The first-order valence-corrected chi connectivity index (χ1v) is 3.68. The van der Waals surface area contributed by atoms with E-state index in [2.05, 4.69) is 18.6 Å². The van der Waals surface area contributed by atoms with E-state index in [4.69, 9.17) is 0 Å². The third-order valence-electron chi connectivity index (χ3n) is 1.27. The van der Waals surface area contributed by atoms with Gasteiger partial charge in [0.1, 0.15) is 20.3 Å². The summed E-state index contributed by atoms with van der Waals surface area (Å²) in [6, 6.07) is 0. The molecule has 0 aromatic carbocycles. The topological polar surface area (TPSA) is 3.01 Å². The smallest absolute Gasteiger partial charge is 0.142 e. The van der Waals surface area contributed by atoms with Crippen LogP contribution in [0.5, 0.6) is 0 Å². The summed E-state index contributed by atoms with van der Waals surface area (Å²) in [6.45, 7) is 6.71. The summed E-state index contributed by atoms with van der Waals surface area (Å²) in [7, 11) is 1.99. The van der Waals surface area contributed by atoms with Gasteiger partial charge in [-0.1, -0.05) is 0 Å². The second-order valence-electron chi connectivity index (χ2n) is 2.46. The van der Waals surface area contributed by atoms with Crippen molar-refractivity contribution in [2.45, 2.75) is 26.2 Å². The van der Waals surface area contributed by atoms with Gasteiger partial charge in [-0.25, -0.2) is 4.58 Å². The van der Waals surface area contributed by atoms with Gasteiger partial charge in [-0.15, -0.1) is 11.8 Å². The van der Waals surface area contributed by atoms with E-state index in [1.807, 2.05) is 18.5 Å². The lowest BCUT2D eigenvalue weighted by molar-refractivity contribution is -0.488. The van der Waals surface area contributed by atoms with E-state index in [1.165, 1.54) is 12.8 Å². The molecule has 0 saturated heterocycles. The van der Waals surface area contributed by atoms with Gasteiger partial charge in [0, 0.05) is 12.8 Å². The third kappa shape index (κ3) is 7.23. The molecule has 0 unspecified atom stereocenters. The third-order valence-corrected chi connectivity index (χ3v) is 1.27. The van der Waals surface area contributed by atoms with Crippen LogP contribution >= 0.6 is 0 Å². The molecule has 0 heterocycles. The highest BCUT2D eigenvalue weighted by molar-refractivity contribution is 5.13. The molecule has 1 heteroatoms. The molecular formula is C9H16N+. The average molecular weight is 138 g/mol. The Bertz CT molecular complexity index is 148. The van der Waals surface area contributed by atoms with Gasteiger partial charge in [-0.2, -0.15) is 0 Å². The van der Waals surface area contributed by atoms with Crippen molar-refractivity contribution >= 4 is 6.72 Å². The number of rotatable bonds is 4. The molecule has 0 saturated carbocycles. The summed E-state index contributed by atoms with van der Waals surface area (Å²) in [6.07, 6.45) is 3.43. The summed E-state index contributed by atoms with van der Waals surface area (Å²) in [5.74, 6) is 5.91. The van der Waals surface area contributed by atoms with Crippen LogP contribution < -0.4 is 0 Å². The van der Waals surface area contributed by atoms with Crippen LogP contribution in [0.25, 0.3) is 0 Å². The normalized spacial score (nSPS) is 8.20. The van der Waals surface area contributed by atoms with Crippen LogP contribution in [0.4, 0.5) is 0 Å². The Hall–Kier alpha value is -0.770. The minimum atomic E-state index is 1.03. The molecule has 0 aliphatic carbocycles. The Morgan fingerprint density at radius 3 is 2.60 bits per heavy atom. The molecule has 56 valence electrons. The number of unbranched alkanes of at least 4 members (excludes halogenated alkanes) is 2. The van der Waals surface area contributed by atoms with Crippen molar-refractivity contribution in [2.24, 2.45) is 0 Å². The minimum Gasteiger partial charge on any atom is -0.245 e. The predicted octanol–water partition coefficient (Wildman–Crippen LogP) is 1.52. The zero-order chi connectivity index (χ0) is 7.82. The number of nitrogens with zero attached hydrogens (tertiary/aromatic N) is 1. The Labute approximate surface area is 63.8 Å². The van der Waals surface area contributed by atoms with Gasteiger partial charge in [0.15, 0.2) is 0 Å². The standard InChI is InChI=1S/C9H16N/c1-4-5-6-7-8-9-10(2)3/h2,6-9H2,1,3H3/q+1. The lowest BCUT2D eigenvalue weighted by Gasteiger charge is -1.91. The molecule has 0 N–H and O–H groups in total. The van der Waals surface area contributed by atoms with E-state index in [1.54, 1.807) is 0 Å². The van der Waals surface area contributed by atoms with Gasteiger partial charge < -0.3 is 0 Å². The maximum absolute atomic E-state index is 3.75. The molecule has 0 atom stereocenters. The highest BCUT2D eigenvalue weighted by atomic mass is 14.9. The fourth-order valence-electron chi connectivity index (χ4n) is 0.720. The Morgan fingerprint density at radius 2 is 2.10 bits per heavy atom. The molecule has 0 amide bonds. The van der Waals surface area contributed by atoms with E-state index in [9.17, 15) is 0 Å². The molecule has 10 heavy (non-hydrogen) atoms. The molecule has 0 radical (unpaired) electrons. The van der Waals surface area contributed by atoms with Gasteiger partial charge in [-0.3, -0.25) is 0 Å². The Balaban J connectivity index is 3.03. The highest BCUT2D eigenvalue weighted by Crippen LogP contribution is 1.92. The quantitative estimate of drug-likeness (QED) is 0.240. The summed E-state index contributed by atoms with van der Waals surface area (Å²) < 4.78 is 1.96. The fraction of sp³-hybridized carbons (Fsp3) is 0.667. The first-order chi connectivity index (χ1) is 4.77. The first-order valence-electron chi connectivity index (χ1n) is 3.68. The largest absolute Gasteiger partial charge is 0.245 e. The average Bonchev–Trinajstić information content (AvgIpc) is 1.87. The van der Waals surface area contributed by atoms with Crippen molar-refractivity contribution in [3.8, 4) is 11.8 Å². The molecule has 0 aliphatic heterocycles. The molecular weight excluding hydrogens is 122 g/mol. The van der Waals surface area contributed by atoms with Crippen LogP contribution in [0.1, 0.15) is 26.2 Å². The van der Waals surface area contributed by atoms with Crippen LogP contribution in [0.3, 0.4) is 0 Å². The molecule has 0 bridgehead atoms.